The van der Waals surface area contributed by atoms with Crippen molar-refractivity contribution in [1.82, 2.24) is 10.3 Å². The maximum atomic E-state index is 12.3. The average Bonchev–Trinajstić information content (AvgIpc) is 2.77. The van der Waals surface area contributed by atoms with Crippen LogP contribution in [0.5, 0.6) is 0 Å². The van der Waals surface area contributed by atoms with E-state index < -0.39 is 0 Å². The van der Waals surface area contributed by atoms with Gasteiger partial charge in [0.25, 0.3) is 0 Å². The molecule has 1 fully saturated rings. The van der Waals surface area contributed by atoms with Gasteiger partial charge in [0.05, 0.1) is 5.69 Å². The zero-order valence-corrected chi connectivity index (χ0v) is 14.4. The van der Waals surface area contributed by atoms with Gasteiger partial charge in [0.1, 0.15) is 5.76 Å². The van der Waals surface area contributed by atoms with E-state index in [0.29, 0.717) is 11.8 Å². The Morgan fingerprint density at radius 1 is 1.39 bits per heavy atom. The molecule has 3 rings (SSSR count). The van der Waals surface area contributed by atoms with Crippen molar-refractivity contribution >= 4 is 24.0 Å². The largest absolute Gasteiger partial charge is 0.441 e. The fourth-order valence-corrected chi connectivity index (χ4v) is 2.46. The molecule has 0 radical (unpaired) electrons. The molecule has 1 amide bonds. The molecule has 6 heteroatoms. The Morgan fingerprint density at radius 3 is 2.70 bits per heavy atom. The number of oxazole rings is 1. The minimum absolute atomic E-state index is 0. The lowest BCUT2D eigenvalue weighted by Crippen LogP contribution is -2.48. The third-order valence-corrected chi connectivity index (χ3v) is 4.34. The van der Waals surface area contributed by atoms with Crippen LogP contribution in [0.3, 0.4) is 0 Å². The number of aryl methyl sites for hydroxylation is 2. The molecule has 1 aromatic carbocycles. The zero-order chi connectivity index (χ0) is 15.7. The highest BCUT2D eigenvalue weighted by Crippen LogP contribution is 2.25. The number of carbonyl (C=O) groups is 1. The predicted molar refractivity (Wildman–Crippen MR) is 92.8 cm³/mol. The molecular formula is C17H22ClN3O2. The lowest BCUT2D eigenvalue weighted by atomic mass is 9.88. The molecular weight excluding hydrogens is 314 g/mol. The maximum absolute atomic E-state index is 12.3. The standard InChI is InChI=1S/C17H21N3O2.ClH/c1-10(14-8-18-9-14)16(21)20-15-6-4-5-13(7-15)17-19-11(2)12(3)22-17;/h4-7,10,14,18H,8-9H2,1-3H3,(H,20,21);1H. The van der Waals surface area contributed by atoms with Crippen molar-refractivity contribution in [1.29, 1.82) is 0 Å². The zero-order valence-electron chi connectivity index (χ0n) is 13.6. The van der Waals surface area contributed by atoms with Crippen LogP contribution in [-0.2, 0) is 4.79 Å². The fourth-order valence-electron chi connectivity index (χ4n) is 2.46. The maximum Gasteiger partial charge on any atom is 0.227 e. The normalized spacial score (nSPS) is 15.4. The first-order valence-electron chi connectivity index (χ1n) is 7.60. The van der Waals surface area contributed by atoms with Crippen LogP contribution in [0.25, 0.3) is 11.5 Å². The van der Waals surface area contributed by atoms with Gasteiger partial charge in [0.15, 0.2) is 0 Å². The first kappa shape index (κ1) is 17.5. The number of hydrogen-bond donors (Lipinski definition) is 2. The molecule has 0 bridgehead atoms. The topological polar surface area (TPSA) is 67.2 Å². The van der Waals surface area contributed by atoms with E-state index in [-0.39, 0.29) is 24.2 Å². The van der Waals surface area contributed by atoms with Crippen molar-refractivity contribution in [3.63, 3.8) is 0 Å². The molecule has 5 nitrogen and oxygen atoms in total. The fraction of sp³-hybridized carbons (Fsp3) is 0.412. The number of amides is 1. The summed E-state index contributed by atoms with van der Waals surface area (Å²) in [7, 11) is 0. The Labute approximate surface area is 142 Å². The molecule has 1 aromatic heterocycles. The minimum atomic E-state index is 0. The van der Waals surface area contributed by atoms with Crippen LogP contribution in [0, 0.1) is 25.7 Å². The van der Waals surface area contributed by atoms with Crippen LogP contribution in [0.1, 0.15) is 18.4 Å². The third kappa shape index (κ3) is 3.74. The Hall–Kier alpha value is -1.85. The molecule has 1 atom stereocenters. The Bertz CT molecular complexity index is 675. The van der Waals surface area contributed by atoms with E-state index in [9.17, 15) is 4.79 Å². The summed E-state index contributed by atoms with van der Waals surface area (Å²) in [6, 6.07) is 7.61. The number of aromatic nitrogens is 1. The van der Waals surface area contributed by atoms with Gasteiger partial charge in [-0.25, -0.2) is 4.98 Å². The highest BCUT2D eigenvalue weighted by molar-refractivity contribution is 5.93. The SMILES string of the molecule is Cc1nc(-c2cccc(NC(=O)C(C)C3CNC3)c2)oc1C.Cl. The van der Waals surface area contributed by atoms with Gasteiger partial charge in [0.2, 0.25) is 11.8 Å². The Morgan fingerprint density at radius 2 is 2.13 bits per heavy atom. The second kappa shape index (κ2) is 7.15. The molecule has 2 aromatic rings. The lowest BCUT2D eigenvalue weighted by Gasteiger charge is -2.31. The predicted octanol–water partition coefficient (Wildman–Crippen LogP) is 3.17. The van der Waals surface area contributed by atoms with Crippen molar-refractivity contribution in [2.45, 2.75) is 20.8 Å². The molecule has 1 unspecified atom stereocenters. The Kier molecular flexibility index (Phi) is 5.44. The first-order valence-corrected chi connectivity index (χ1v) is 7.60. The summed E-state index contributed by atoms with van der Waals surface area (Å²) in [5, 5.41) is 6.18. The second-order valence-corrected chi connectivity index (χ2v) is 5.94. The monoisotopic (exact) mass is 335 g/mol. The quantitative estimate of drug-likeness (QED) is 0.900. The molecule has 1 aliphatic heterocycles. The molecule has 23 heavy (non-hydrogen) atoms. The van der Waals surface area contributed by atoms with Crippen LogP contribution < -0.4 is 10.6 Å². The number of nitrogens with one attached hydrogen (secondary N) is 2. The van der Waals surface area contributed by atoms with Crippen LogP contribution in [0.15, 0.2) is 28.7 Å². The van der Waals surface area contributed by atoms with Crippen molar-refractivity contribution in [3.05, 3.63) is 35.7 Å². The van der Waals surface area contributed by atoms with Gasteiger partial charge < -0.3 is 15.1 Å². The third-order valence-electron chi connectivity index (χ3n) is 4.34. The van der Waals surface area contributed by atoms with Gasteiger partial charge >= 0.3 is 0 Å². The van der Waals surface area contributed by atoms with E-state index in [0.717, 1.165) is 35.8 Å². The van der Waals surface area contributed by atoms with Crippen molar-refractivity contribution in [2.24, 2.45) is 11.8 Å². The Balaban J connectivity index is 0.00000192. The number of carbonyl (C=O) groups excluding carboxylic acids is 1. The number of halogens is 1. The van der Waals surface area contributed by atoms with E-state index in [2.05, 4.69) is 15.6 Å². The number of anilines is 1. The van der Waals surface area contributed by atoms with Crippen molar-refractivity contribution in [2.75, 3.05) is 18.4 Å². The van der Waals surface area contributed by atoms with Crippen LogP contribution in [0.4, 0.5) is 5.69 Å². The summed E-state index contributed by atoms with van der Waals surface area (Å²) >= 11 is 0. The van der Waals surface area contributed by atoms with Gasteiger partial charge in [-0.2, -0.15) is 0 Å². The van der Waals surface area contributed by atoms with E-state index in [1.807, 2.05) is 45.0 Å². The molecule has 2 heterocycles. The van der Waals surface area contributed by atoms with E-state index in [1.54, 1.807) is 0 Å². The van der Waals surface area contributed by atoms with E-state index in [1.165, 1.54) is 0 Å². The molecule has 0 aliphatic carbocycles. The molecule has 1 aliphatic rings. The van der Waals surface area contributed by atoms with Crippen molar-refractivity contribution < 1.29 is 9.21 Å². The van der Waals surface area contributed by atoms with Gasteiger partial charge in [0, 0.05) is 17.2 Å². The summed E-state index contributed by atoms with van der Waals surface area (Å²) in [6.07, 6.45) is 0. The number of rotatable bonds is 4. The number of hydrogen-bond acceptors (Lipinski definition) is 4. The summed E-state index contributed by atoms with van der Waals surface area (Å²) < 4.78 is 5.64. The van der Waals surface area contributed by atoms with Crippen molar-refractivity contribution in [3.8, 4) is 11.5 Å². The van der Waals surface area contributed by atoms with Crippen LogP contribution >= 0.6 is 12.4 Å². The first-order chi connectivity index (χ1) is 10.5. The highest BCUT2D eigenvalue weighted by atomic mass is 35.5. The molecule has 0 spiro atoms. The van der Waals surface area contributed by atoms with Gasteiger partial charge in [-0.15, -0.1) is 12.4 Å². The number of benzene rings is 1. The summed E-state index contributed by atoms with van der Waals surface area (Å²) in [5.41, 5.74) is 2.53. The van der Waals surface area contributed by atoms with Gasteiger partial charge in [-0.3, -0.25) is 4.79 Å². The van der Waals surface area contributed by atoms with Gasteiger partial charge in [-0.1, -0.05) is 13.0 Å². The highest BCUT2D eigenvalue weighted by Gasteiger charge is 2.28. The average molecular weight is 336 g/mol. The second-order valence-electron chi connectivity index (χ2n) is 5.94. The van der Waals surface area contributed by atoms with E-state index in [4.69, 9.17) is 4.42 Å². The van der Waals surface area contributed by atoms with Crippen LogP contribution in [0.2, 0.25) is 0 Å². The van der Waals surface area contributed by atoms with Crippen LogP contribution in [-0.4, -0.2) is 24.0 Å². The molecule has 0 saturated carbocycles. The smallest absolute Gasteiger partial charge is 0.227 e. The molecule has 2 N–H and O–H groups in total. The van der Waals surface area contributed by atoms with E-state index >= 15 is 0 Å². The molecule has 1 saturated heterocycles. The summed E-state index contributed by atoms with van der Waals surface area (Å²) in [4.78, 5) is 16.7. The van der Waals surface area contributed by atoms with Gasteiger partial charge in [-0.05, 0) is 51.1 Å². The minimum Gasteiger partial charge on any atom is -0.441 e. The lowest BCUT2D eigenvalue weighted by molar-refractivity contribution is -0.121. The number of nitrogens with zero attached hydrogens (tertiary/aromatic N) is 1. The summed E-state index contributed by atoms with van der Waals surface area (Å²) in [5.74, 6) is 1.90. The molecule has 124 valence electrons. The summed E-state index contributed by atoms with van der Waals surface area (Å²) in [6.45, 7) is 7.63.